The molecule has 0 aromatic carbocycles. The summed E-state index contributed by atoms with van der Waals surface area (Å²) in [5.74, 6) is -0.0348. The summed E-state index contributed by atoms with van der Waals surface area (Å²) in [5, 5.41) is 4.50. The Bertz CT molecular complexity index is 246. The van der Waals surface area contributed by atoms with Crippen LogP contribution in [0.25, 0.3) is 0 Å². The summed E-state index contributed by atoms with van der Waals surface area (Å²) in [6.45, 7) is 2.38. The Morgan fingerprint density at radius 1 is 1.91 bits per heavy atom. The minimum atomic E-state index is -0.0348. The highest BCUT2D eigenvalue weighted by Crippen LogP contribution is 2.07. The topological polar surface area (TPSA) is 34.9 Å². The van der Waals surface area contributed by atoms with Crippen LogP contribution in [0.4, 0.5) is 0 Å². The van der Waals surface area contributed by atoms with Crippen LogP contribution in [0.3, 0.4) is 0 Å². The molecule has 11 heavy (non-hydrogen) atoms. The Balaban J connectivity index is 2.63. The maximum atomic E-state index is 10.3. The fraction of sp³-hybridized carbons (Fsp3) is 0.429. The zero-order valence-corrected chi connectivity index (χ0v) is 6.95. The van der Waals surface area contributed by atoms with Gasteiger partial charge in [0, 0.05) is 5.92 Å². The molecule has 1 aromatic rings. The molecule has 1 heterocycles. The van der Waals surface area contributed by atoms with Crippen LogP contribution in [0, 0.1) is 5.92 Å². The highest BCUT2D eigenvalue weighted by Gasteiger charge is 2.03. The van der Waals surface area contributed by atoms with Crippen LogP contribution in [0.2, 0.25) is 5.15 Å². The van der Waals surface area contributed by atoms with E-state index in [0.29, 0.717) is 11.7 Å². The van der Waals surface area contributed by atoms with Crippen molar-refractivity contribution in [2.45, 2.75) is 13.5 Å². The van der Waals surface area contributed by atoms with Crippen molar-refractivity contribution < 1.29 is 4.79 Å². The van der Waals surface area contributed by atoms with Gasteiger partial charge in [-0.25, -0.2) is 0 Å². The van der Waals surface area contributed by atoms with Crippen molar-refractivity contribution in [3.63, 3.8) is 0 Å². The molecule has 0 radical (unpaired) electrons. The third-order valence-electron chi connectivity index (χ3n) is 1.36. The molecular weight excluding hydrogens is 164 g/mol. The summed E-state index contributed by atoms with van der Waals surface area (Å²) in [6.07, 6.45) is 2.50. The van der Waals surface area contributed by atoms with Crippen molar-refractivity contribution in [1.82, 2.24) is 9.78 Å². The van der Waals surface area contributed by atoms with E-state index in [4.69, 9.17) is 11.6 Å². The Hall–Kier alpha value is -0.830. The number of rotatable bonds is 3. The number of nitrogens with zero attached hydrogens (tertiary/aromatic N) is 2. The van der Waals surface area contributed by atoms with E-state index in [-0.39, 0.29) is 5.92 Å². The highest BCUT2D eigenvalue weighted by atomic mass is 35.5. The van der Waals surface area contributed by atoms with Gasteiger partial charge >= 0.3 is 0 Å². The Morgan fingerprint density at radius 2 is 2.64 bits per heavy atom. The van der Waals surface area contributed by atoms with E-state index in [1.165, 1.54) is 0 Å². The van der Waals surface area contributed by atoms with Crippen LogP contribution in [0.1, 0.15) is 6.92 Å². The van der Waals surface area contributed by atoms with Gasteiger partial charge in [0.05, 0.1) is 12.7 Å². The van der Waals surface area contributed by atoms with E-state index in [1.54, 1.807) is 16.9 Å². The van der Waals surface area contributed by atoms with Gasteiger partial charge in [0.2, 0.25) is 0 Å². The summed E-state index contributed by atoms with van der Waals surface area (Å²) in [6, 6.07) is 1.69. The Kier molecular flexibility index (Phi) is 2.65. The summed E-state index contributed by atoms with van der Waals surface area (Å²) in [5.41, 5.74) is 0. The zero-order valence-electron chi connectivity index (χ0n) is 6.20. The first-order valence-electron chi connectivity index (χ1n) is 3.36. The second-order valence-electron chi connectivity index (χ2n) is 2.45. The molecule has 0 fully saturated rings. The predicted molar refractivity (Wildman–Crippen MR) is 42.5 cm³/mol. The summed E-state index contributed by atoms with van der Waals surface area (Å²) in [7, 11) is 0. The lowest BCUT2D eigenvalue weighted by atomic mass is 10.2. The smallest absolute Gasteiger partial charge is 0.127 e. The average Bonchev–Trinajstić information content (AvgIpc) is 2.37. The van der Waals surface area contributed by atoms with Crippen molar-refractivity contribution in [2.24, 2.45) is 5.92 Å². The monoisotopic (exact) mass is 172 g/mol. The van der Waals surface area contributed by atoms with Gasteiger partial charge in [-0.15, -0.1) is 0 Å². The zero-order chi connectivity index (χ0) is 8.27. The first-order valence-corrected chi connectivity index (χ1v) is 3.74. The van der Waals surface area contributed by atoms with Crippen molar-refractivity contribution in [3.05, 3.63) is 17.4 Å². The molecule has 0 bridgehead atoms. The number of halogens is 1. The predicted octanol–water partition coefficient (Wildman–Crippen LogP) is 1.37. The molecular formula is C7H9ClN2O. The van der Waals surface area contributed by atoms with Crippen LogP contribution in [0.15, 0.2) is 12.3 Å². The Morgan fingerprint density at radius 3 is 3.09 bits per heavy atom. The molecule has 0 aliphatic heterocycles. The van der Waals surface area contributed by atoms with E-state index < -0.39 is 0 Å². The van der Waals surface area contributed by atoms with Crippen molar-refractivity contribution in [1.29, 1.82) is 0 Å². The normalized spacial score (nSPS) is 12.9. The van der Waals surface area contributed by atoms with Gasteiger partial charge in [-0.2, -0.15) is 5.10 Å². The van der Waals surface area contributed by atoms with Gasteiger partial charge < -0.3 is 4.79 Å². The standard InChI is InChI=1S/C7H9ClN2O/c1-6(5-11)4-10-7(8)2-3-9-10/h2-3,5-6H,4H2,1H3. The summed E-state index contributed by atoms with van der Waals surface area (Å²) in [4.78, 5) is 10.3. The molecule has 0 saturated carbocycles. The molecule has 0 aliphatic carbocycles. The van der Waals surface area contributed by atoms with Crippen molar-refractivity contribution in [2.75, 3.05) is 0 Å². The van der Waals surface area contributed by atoms with Crippen LogP contribution in [0.5, 0.6) is 0 Å². The number of hydrogen-bond acceptors (Lipinski definition) is 2. The lowest BCUT2D eigenvalue weighted by Gasteiger charge is -2.03. The number of carbonyl (C=O) groups is 1. The van der Waals surface area contributed by atoms with Gasteiger partial charge in [0.25, 0.3) is 0 Å². The fourth-order valence-electron chi connectivity index (χ4n) is 0.767. The molecule has 0 saturated heterocycles. The third-order valence-corrected chi connectivity index (χ3v) is 1.68. The average molecular weight is 173 g/mol. The molecule has 0 N–H and O–H groups in total. The van der Waals surface area contributed by atoms with Gasteiger partial charge in [-0.05, 0) is 6.07 Å². The van der Waals surface area contributed by atoms with Crippen molar-refractivity contribution in [3.8, 4) is 0 Å². The maximum Gasteiger partial charge on any atom is 0.127 e. The molecule has 0 aliphatic rings. The van der Waals surface area contributed by atoms with Crippen molar-refractivity contribution >= 4 is 17.9 Å². The minimum Gasteiger partial charge on any atom is -0.303 e. The lowest BCUT2D eigenvalue weighted by molar-refractivity contribution is -0.111. The van der Waals surface area contributed by atoms with Crippen LogP contribution in [-0.4, -0.2) is 16.1 Å². The second-order valence-corrected chi connectivity index (χ2v) is 2.84. The molecule has 60 valence electrons. The highest BCUT2D eigenvalue weighted by molar-refractivity contribution is 6.29. The second kappa shape index (κ2) is 3.53. The lowest BCUT2D eigenvalue weighted by Crippen LogP contribution is -2.09. The minimum absolute atomic E-state index is 0.0348. The van der Waals surface area contributed by atoms with Crippen LogP contribution in [-0.2, 0) is 11.3 Å². The van der Waals surface area contributed by atoms with Crippen LogP contribution < -0.4 is 0 Å². The van der Waals surface area contributed by atoms with E-state index in [1.807, 2.05) is 6.92 Å². The van der Waals surface area contributed by atoms with Gasteiger partial charge in [-0.1, -0.05) is 18.5 Å². The fourth-order valence-corrected chi connectivity index (χ4v) is 0.936. The third kappa shape index (κ3) is 2.05. The first-order chi connectivity index (χ1) is 5.24. The first kappa shape index (κ1) is 8.27. The summed E-state index contributed by atoms with van der Waals surface area (Å²) < 4.78 is 1.60. The van der Waals surface area contributed by atoms with E-state index in [9.17, 15) is 4.79 Å². The molecule has 1 unspecified atom stereocenters. The molecule has 1 aromatic heterocycles. The summed E-state index contributed by atoms with van der Waals surface area (Å²) >= 11 is 5.73. The van der Waals surface area contributed by atoms with E-state index in [2.05, 4.69) is 5.10 Å². The maximum absolute atomic E-state index is 10.3. The number of carbonyl (C=O) groups excluding carboxylic acids is 1. The molecule has 1 atom stereocenters. The number of aromatic nitrogens is 2. The van der Waals surface area contributed by atoms with Gasteiger partial charge in [0.15, 0.2) is 0 Å². The number of aldehydes is 1. The molecule has 0 spiro atoms. The molecule has 3 nitrogen and oxygen atoms in total. The molecule has 1 rings (SSSR count). The van der Waals surface area contributed by atoms with Crippen LogP contribution >= 0.6 is 11.6 Å². The molecule has 4 heteroatoms. The van der Waals surface area contributed by atoms with E-state index >= 15 is 0 Å². The number of hydrogen-bond donors (Lipinski definition) is 0. The largest absolute Gasteiger partial charge is 0.303 e. The Labute approximate surface area is 70.0 Å². The molecule has 0 amide bonds. The SMILES string of the molecule is CC(C=O)Cn1nccc1Cl. The van der Waals surface area contributed by atoms with Gasteiger partial charge in [-0.3, -0.25) is 4.68 Å². The quantitative estimate of drug-likeness (QED) is 0.646. The van der Waals surface area contributed by atoms with Gasteiger partial charge in [0.1, 0.15) is 11.4 Å². The van der Waals surface area contributed by atoms with E-state index in [0.717, 1.165) is 6.29 Å².